The summed E-state index contributed by atoms with van der Waals surface area (Å²) in [6.07, 6.45) is 2.49. The van der Waals surface area contributed by atoms with Crippen molar-refractivity contribution in [3.8, 4) is 0 Å². The van der Waals surface area contributed by atoms with E-state index in [-0.39, 0.29) is 12.1 Å². The summed E-state index contributed by atoms with van der Waals surface area (Å²) in [4.78, 5) is 14.0. The highest BCUT2D eigenvalue weighted by atomic mass is 16.5. The Morgan fingerprint density at radius 1 is 1.41 bits per heavy atom. The number of nitrogens with zero attached hydrogens (tertiary/aromatic N) is 1. The molecule has 1 atom stereocenters. The molecule has 1 saturated heterocycles. The van der Waals surface area contributed by atoms with E-state index in [1.807, 2.05) is 42.2 Å². The summed E-state index contributed by atoms with van der Waals surface area (Å²) in [7, 11) is 0. The Morgan fingerprint density at radius 2 is 2.18 bits per heavy atom. The van der Waals surface area contributed by atoms with Gasteiger partial charge in [0, 0.05) is 13.2 Å². The maximum absolute atomic E-state index is 12.1. The summed E-state index contributed by atoms with van der Waals surface area (Å²) in [5.41, 5.74) is 1.07. The Kier molecular flexibility index (Phi) is 4.15. The molecule has 1 amide bonds. The number of carbonyl (C=O) groups is 1. The lowest BCUT2D eigenvalue weighted by molar-refractivity contribution is -0.140. The van der Waals surface area contributed by atoms with Gasteiger partial charge in [0.2, 0.25) is 5.91 Å². The average Bonchev–Trinajstić information content (AvgIpc) is 2.79. The normalized spacial score (nSPS) is 19.6. The SMILES string of the molecule is CCOC1CCCN1C(=O)Cc1ccccc1. The summed E-state index contributed by atoms with van der Waals surface area (Å²) in [5, 5.41) is 0. The first kappa shape index (κ1) is 12.1. The van der Waals surface area contributed by atoms with E-state index in [0.717, 1.165) is 24.9 Å². The minimum absolute atomic E-state index is 0.00351. The van der Waals surface area contributed by atoms with Gasteiger partial charge in [-0.15, -0.1) is 0 Å². The number of benzene rings is 1. The van der Waals surface area contributed by atoms with Crippen molar-refractivity contribution in [1.82, 2.24) is 4.90 Å². The van der Waals surface area contributed by atoms with Crippen LogP contribution < -0.4 is 0 Å². The van der Waals surface area contributed by atoms with Crippen molar-refractivity contribution in [2.24, 2.45) is 0 Å². The smallest absolute Gasteiger partial charge is 0.229 e. The second-order valence-electron chi connectivity index (χ2n) is 4.30. The molecule has 1 aromatic rings. The molecule has 0 bridgehead atoms. The van der Waals surface area contributed by atoms with E-state index in [1.165, 1.54) is 0 Å². The zero-order valence-electron chi connectivity index (χ0n) is 10.3. The van der Waals surface area contributed by atoms with Crippen molar-refractivity contribution in [2.75, 3.05) is 13.2 Å². The topological polar surface area (TPSA) is 29.5 Å². The number of hydrogen-bond donors (Lipinski definition) is 0. The monoisotopic (exact) mass is 233 g/mol. The van der Waals surface area contributed by atoms with Crippen LogP contribution in [0.2, 0.25) is 0 Å². The lowest BCUT2D eigenvalue weighted by Gasteiger charge is -2.24. The fraction of sp³-hybridized carbons (Fsp3) is 0.500. The molecule has 0 saturated carbocycles. The van der Waals surface area contributed by atoms with Crippen LogP contribution in [0.1, 0.15) is 25.3 Å². The first-order valence-electron chi connectivity index (χ1n) is 6.26. The highest BCUT2D eigenvalue weighted by molar-refractivity contribution is 5.79. The van der Waals surface area contributed by atoms with E-state index >= 15 is 0 Å². The van der Waals surface area contributed by atoms with Crippen molar-refractivity contribution in [3.05, 3.63) is 35.9 Å². The number of ether oxygens (including phenoxy) is 1. The van der Waals surface area contributed by atoms with Gasteiger partial charge in [-0.3, -0.25) is 4.79 Å². The molecule has 17 heavy (non-hydrogen) atoms. The Bertz CT molecular complexity index is 364. The van der Waals surface area contributed by atoms with Crippen LogP contribution in [-0.2, 0) is 16.0 Å². The first-order valence-corrected chi connectivity index (χ1v) is 6.26. The van der Waals surface area contributed by atoms with Gasteiger partial charge in [0.05, 0.1) is 6.42 Å². The molecule has 1 fully saturated rings. The molecule has 0 N–H and O–H groups in total. The molecular formula is C14H19NO2. The fourth-order valence-corrected chi connectivity index (χ4v) is 2.26. The predicted octanol–water partition coefficient (Wildman–Crippen LogP) is 2.21. The second kappa shape index (κ2) is 5.82. The van der Waals surface area contributed by atoms with Crippen LogP contribution in [-0.4, -0.2) is 30.2 Å². The zero-order chi connectivity index (χ0) is 12.1. The summed E-state index contributed by atoms with van der Waals surface area (Å²) >= 11 is 0. The molecule has 1 aromatic carbocycles. The van der Waals surface area contributed by atoms with Crippen LogP contribution in [0.3, 0.4) is 0 Å². The standard InChI is InChI=1S/C14H19NO2/c1-2-17-14-9-6-10-15(14)13(16)11-12-7-4-3-5-8-12/h3-5,7-8,14H,2,6,9-11H2,1H3. The molecule has 0 aromatic heterocycles. The van der Waals surface area contributed by atoms with Crippen molar-refractivity contribution >= 4 is 5.91 Å². The molecule has 3 heteroatoms. The fourth-order valence-electron chi connectivity index (χ4n) is 2.26. The third kappa shape index (κ3) is 3.07. The molecule has 92 valence electrons. The Labute approximate surface area is 102 Å². The number of likely N-dealkylation sites (tertiary alicyclic amines) is 1. The maximum atomic E-state index is 12.1. The number of carbonyl (C=O) groups excluding carboxylic acids is 1. The third-order valence-electron chi connectivity index (χ3n) is 3.08. The molecular weight excluding hydrogens is 214 g/mol. The first-order chi connectivity index (χ1) is 8.31. The van der Waals surface area contributed by atoms with Gasteiger partial charge in [-0.1, -0.05) is 30.3 Å². The van der Waals surface area contributed by atoms with Crippen molar-refractivity contribution in [1.29, 1.82) is 0 Å². The summed E-state index contributed by atoms with van der Waals surface area (Å²) in [6.45, 7) is 3.47. The second-order valence-corrected chi connectivity index (χ2v) is 4.30. The van der Waals surface area contributed by atoms with Gasteiger partial charge in [0.15, 0.2) is 0 Å². The Balaban J connectivity index is 1.95. The van der Waals surface area contributed by atoms with Gasteiger partial charge < -0.3 is 9.64 Å². The number of hydrogen-bond acceptors (Lipinski definition) is 2. The van der Waals surface area contributed by atoms with E-state index in [0.29, 0.717) is 13.0 Å². The minimum atomic E-state index is -0.00351. The van der Waals surface area contributed by atoms with Gasteiger partial charge in [-0.2, -0.15) is 0 Å². The van der Waals surface area contributed by atoms with E-state index in [4.69, 9.17) is 4.74 Å². The summed E-state index contributed by atoms with van der Waals surface area (Å²) in [6, 6.07) is 9.87. The van der Waals surface area contributed by atoms with Crippen LogP contribution in [0.25, 0.3) is 0 Å². The predicted molar refractivity (Wildman–Crippen MR) is 66.5 cm³/mol. The Hall–Kier alpha value is -1.35. The van der Waals surface area contributed by atoms with Gasteiger partial charge in [0.1, 0.15) is 6.23 Å². The molecule has 0 radical (unpaired) electrons. The molecule has 1 aliphatic rings. The highest BCUT2D eigenvalue weighted by Crippen LogP contribution is 2.19. The van der Waals surface area contributed by atoms with Gasteiger partial charge in [-0.25, -0.2) is 0 Å². The molecule has 0 spiro atoms. The molecule has 1 heterocycles. The zero-order valence-corrected chi connectivity index (χ0v) is 10.3. The van der Waals surface area contributed by atoms with E-state index in [2.05, 4.69) is 0 Å². The highest BCUT2D eigenvalue weighted by Gasteiger charge is 2.28. The van der Waals surface area contributed by atoms with Crippen LogP contribution in [0, 0.1) is 0 Å². The number of amides is 1. The van der Waals surface area contributed by atoms with Crippen molar-refractivity contribution in [2.45, 2.75) is 32.4 Å². The van der Waals surface area contributed by atoms with E-state index in [9.17, 15) is 4.79 Å². The summed E-state index contributed by atoms with van der Waals surface area (Å²) in [5.74, 6) is 0.173. The summed E-state index contributed by atoms with van der Waals surface area (Å²) < 4.78 is 5.58. The van der Waals surface area contributed by atoms with Crippen LogP contribution in [0.4, 0.5) is 0 Å². The molecule has 3 nitrogen and oxygen atoms in total. The van der Waals surface area contributed by atoms with Gasteiger partial charge in [0.25, 0.3) is 0 Å². The molecule has 1 unspecified atom stereocenters. The maximum Gasteiger partial charge on any atom is 0.229 e. The quantitative estimate of drug-likeness (QED) is 0.798. The van der Waals surface area contributed by atoms with Gasteiger partial charge >= 0.3 is 0 Å². The third-order valence-corrected chi connectivity index (χ3v) is 3.08. The van der Waals surface area contributed by atoms with E-state index in [1.54, 1.807) is 0 Å². The molecule has 1 aliphatic heterocycles. The van der Waals surface area contributed by atoms with Crippen LogP contribution >= 0.6 is 0 Å². The van der Waals surface area contributed by atoms with Crippen molar-refractivity contribution < 1.29 is 9.53 Å². The number of rotatable bonds is 4. The van der Waals surface area contributed by atoms with E-state index < -0.39 is 0 Å². The largest absolute Gasteiger partial charge is 0.359 e. The van der Waals surface area contributed by atoms with Crippen LogP contribution in [0.15, 0.2) is 30.3 Å². The van der Waals surface area contributed by atoms with Crippen LogP contribution in [0.5, 0.6) is 0 Å². The lowest BCUT2D eigenvalue weighted by Crippen LogP contribution is -2.38. The minimum Gasteiger partial charge on any atom is -0.359 e. The average molecular weight is 233 g/mol. The van der Waals surface area contributed by atoms with Crippen molar-refractivity contribution in [3.63, 3.8) is 0 Å². The molecule has 2 rings (SSSR count). The van der Waals surface area contributed by atoms with Gasteiger partial charge in [-0.05, 0) is 25.3 Å². The Morgan fingerprint density at radius 3 is 2.88 bits per heavy atom. The lowest BCUT2D eigenvalue weighted by atomic mass is 10.1. The molecule has 0 aliphatic carbocycles.